The molecule has 1 aromatic carbocycles. The zero-order valence-electron chi connectivity index (χ0n) is 10.9. The van der Waals surface area contributed by atoms with E-state index in [0.717, 1.165) is 11.3 Å². The molecule has 112 valence electrons. The van der Waals surface area contributed by atoms with Crippen LogP contribution >= 0.6 is 22.9 Å². The maximum Gasteiger partial charge on any atom is 0.251 e. The minimum Gasteiger partial charge on any atom is -0.351 e. The van der Waals surface area contributed by atoms with Gasteiger partial charge in [-0.2, -0.15) is 0 Å². The Hall–Kier alpha value is -1.41. The van der Waals surface area contributed by atoms with Crippen molar-refractivity contribution in [3.8, 4) is 0 Å². The van der Waals surface area contributed by atoms with Gasteiger partial charge in [0.2, 0.25) is 10.0 Å². The molecular formula is C13H13ClN2O3S2. The van der Waals surface area contributed by atoms with Gasteiger partial charge in [-0.05, 0) is 24.3 Å². The number of amides is 1. The van der Waals surface area contributed by atoms with Crippen LogP contribution < -0.4 is 10.0 Å². The first kappa shape index (κ1) is 16.0. The van der Waals surface area contributed by atoms with Crippen LogP contribution in [0.5, 0.6) is 0 Å². The number of carbonyl (C=O) groups excluding carboxylic acids is 1. The highest BCUT2D eigenvalue weighted by atomic mass is 35.5. The molecule has 0 aliphatic rings. The standard InChI is InChI=1S/C13H13ClN2O3S2/c14-11-6-7-12(20-11)21(18,19)16-9-8-15-13(17)10-4-2-1-3-5-10/h1-7,16H,8-9H2,(H,15,17). The van der Waals surface area contributed by atoms with Crippen LogP contribution in [0.25, 0.3) is 0 Å². The summed E-state index contributed by atoms with van der Waals surface area (Å²) in [5.74, 6) is -0.242. The number of hydrogen-bond donors (Lipinski definition) is 2. The van der Waals surface area contributed by atoms with Crippen LogP contribution in [0.2, 0.25) is 4.34 Å². The van der Waals surface area contributed by atoms with E-state index in [-0.39, 0.29) is 23.2 Å². The zero-order valence-corrected chi connectivity index (χ0v) is 13.3. The Bertz CT molecular complexity index is 714. The average molecular weight is 345 g/mol. The third kappa shape index (κ3) is 4.53. The first-order valence-corrected chi connectivity index (χ1v) is 8.75. The molecule has 0 saturated carbocycles. The fraction of sp³-hybridized carbons (Fsp3) is 0.154. The summed E-state index contributed by atoms with van der Waals surface area (Å²) in [6, 6.07) is 11.7. The molecule has 5 nitrogen and oxygen atoms in total. The highest BCUT2D eigenvalue weighted by molar-refractivity contribution is 7.91. The first-order chi connectivity index (χ1) is 9.99. The summed E-state index contributed by atoms with van der Waals surface area (Å²) in [6.07, 6.45) is 0. The normalized spacial score (nSPS) is 11.3. The summed E-state index contributed by atoms with van der Waals surface area (Å²) >= 11 is 6.69. The molecule has 0 atom stereocenters. The number of carbonyl (C=O) groups is 1. The SMILES string of the molecule is O=C(NCCNS(=O)(=O)c1ccc(Cl)s1)c1ccccc1. The Morgan fingerprint density at radius 2 is 1.81 bits per heavy atom. The topological polar surface area (TPSA) is 75.3 Å². The van der Waals surface area contributed by atoms with Gasteiger partial charge in [-0.1, -0.05) is 29.8 Å². The van der Waals surface area contributed by atoms with Gasteiger partial charge in [0.25, 0.3) is 5.91 Å². The fourth-order valence-electron chi connectivity index (χ4n) is 1.57. The number of thiophene rings is 1. The lowest BCUT2D eigenvalue weighted by Gasteiger charge is -2.06. The summed E-state index contributed by atoms with van der Waals surface area (Å²) in [7, 11) is -3.57. The first-order valence-electron chi connectivity index (χ1n) is 6.07. The van der Waals surface area contributed by atoms with E-state index in [1.54, 1.807) is 24.3 Å². The second-order valence-corrected chi connectivity index (χ2v) is 7.79. The molecule has 0 aliphatic carbocycles. The van der Waals surface area contributed by atoms with Crippen LogP contribution in [0, 0.1) is 0 Å². The number of halogens is 1. The molecule has 0 unspecified atom stereocenters. The number of sulfonamides is 1. The molecule has 0 bridgehead atoms. The zero-order chi connectivity index (χ0) is 15.3. The third-order valence-electron chi connectivity index (χ3n) is 2.55. The van der Waals surface area contributed by atoms with Gasteiger partial charge in [0, 0.05) is 18.7 Å². The lowest BCUT2D eigenvalue weighted by atomic mass is 10.2. The van der Waals surface area contributed by atoms with Gasteiger partial charge in [0.15, 0.2) is 0 Å². The minimum absolute atomic E-state index is 0.108. The molecule has 21 heavy (non-hydrogen) atoms. The van der Waals surface area contributed by atoms with Gasteiger partial charge in [-0.25, -0.2) is 13.1 Å². The molecule has 0 radical (unpaired) electrons. The predicted octanol–water partition coefficient (Wildman–Crippen LogP) is 2.11. The molecule has 2 aromatic rings. The Labute approximate surface area is 132 Å². The summed E-state index contributed by atoms with van der Waals surface area (Å²) in [5.41, 5.74) is 0.533. The van der Waals surface area contributed by atoms with Crippen LogP contribution in [0.3, 0.4) is 0 Å². The van der Waals surface area contributed by atoms with Crippen molar-refractivity contribution in [1.82, 2.24) is 10.0 Å². The Kier molecular flexibility index (Phi) is 5.35. The fourth-order valence-corrected chi connectivity index (χ4v) is 4.13. The molecule has 2 N–H and O–H groups in total. The lowest BCUT2D eigenvalue weighted by molar-refractivity contribution is 0.0954. The summed E-state index contributed by atoms with van der Waals surface area (Å²) < 4.78 is 26.7. The summed E-state index contributed by atoms with van der Waals surface area (Å²) in [5, 5.41) is 2.64. The third-order valence-corrected chi connectivity index (χ3v) is 5.74. The molecule has 8 heteroatoms. The lowest BCUT2D eigenvalue weighted by Crippen LogP contribution is -2.34. The maximum atomic E-state index is 11.9. The molecule has 1 aromatic heterocycles. The molecule has 0 aliphatic heterocycles. The van der Waals surface area contributed by atoms with E-state index in [0.29, 0.717) is 9.90 Å². The minimum atomic E-state index is -3.57. The monoisotopic (exact) mass is 344 g/mol. The van der Waals surface area contributed by atoms with E-state index in [4.69, 9.17) is 11.6 Å². The average Bonchev–Trinajstić information content (AvgIpc) is 2.92. The van der Waals surface area contributed by atoms with Crippen LogP contribution in [0.1, 0.15) is 10.4 Å². The highest BCUT2D eigenvalue weighted by Crippen LogP contribution is 2.25. The molecule has 1 amide bonds. The number of nitrogens with one attached hydrogen (secondary N) is 2. The van der Waals surface area contributed by atoms with Crippen molar-refractivity contribution in [3.63, 3.8) is 0 Å². The van der Waals surface area contributed by atoms with E-state index in [1.165, 1.54) is 12.1 Å². The highest BCUT2D eigenvalue weighted by Gasteiger charge is 2.15. The van der Waals surface area contributed by atoms with Crippen LogP contribution in [-0.4, -0.2) is 27.4 Å². The largest absolute Gasteiger partial charge is 0.351 e. The van der Waals surface area contributed by atoms with E-state index >= 15 is 0 Å². The van der Waals surface area contributed by atoms with E-state index in [1.807, 2.05) is 6.07 Å². The number of rotatable bonds is 6. The molecule has 1 heterocycles. The van der Waals surface area contributed by atoms with Crippen LogP contribution in [0.15, 0.2) is 46.7 Å². The Morgan fingerprint density at radius 1 is 1.10 bits per heavy atom. The summed E-state index contributed by atoms with van der Waals surface area (Å²) in [6.45, 7) is 0.308. The van der Waals surface area contributed by atoms with E-state index in [9.17, 15) is 13.2 Å². The number of benzene rings is 1. The van der Waals surface area contributed by atoms with Crippen molar-refractivity contribution in [2.24, 2.45) is 0 Å². The Balaban J connectivity index is 1.81. The molecule has 0 spiro atoms. The van der Waals surface area contributed by atoms with Gasteiger partial charge in [0.05, 0.1) is 4.34 Å². The van der Waals surface area contributed by atoms with Crippen molar-refractivity contribution in [2.45, 2.75) is 4.21 Å². The van der Waals surface area contributed by atoms with Crippen molar-refractivity contribution >= 4 is 38.9 Å². The second-order valence-electron chi connectivity index (χ2n) is 4.08. The van der Waals surface area contributed by atoms with Crippen molar-refractivity contribution in [2.75, 3.05) is 13.1 Å². The quantitative estimate of drug-likeness (QED) is 0.788. The van der Waals surface area contributed by atoms with Gasteiger partial charge < -0.3 is 5.32 Å². The van der Waals surface area contributed by atoms with E-state index < -0.39 is 10.0 Å². The predicted molar refractivity (Wildman–Crippen MR) is 83.3 cm³/mol. The van der Waals surface area contributed by atoms with E-state index in [2.05, 4.69) is 10.0 Å². The number of hydrogen-bond acceptors (Lipinski definition) is 4. The maximum absolute atomic E-state index is 11.9. The summed E-state index contributed by atoms with van der Waals surface area (Å²) in [4.78, 5) is 11.7. The molecular weight excluding hydrogens is 332 g/mol. The second kappa shape index (κ2) is 7.04. The Morgan fingerprint density at radius 3 is 2.43 bits per heavy atom. The molecule has 0 saturated heterocycles. The smallest absolute Gasteiger partial charge is 0.251 e. The van der Waals surface area contributed by atoms with Crippen LogP contribution in [0.4, 0.5) is 0 Å². The van der Waals surface area contributed by atoms with Gasteiger partial charge >= 0.3 is 0 Å². The van der Waals surface area contributed by atoms with Gasteiger partial charge in [0.1, 0.15) is 4.21 Å². The molecule has 2 rings (SSSR count). The van der Waals surface area contributed by atoms with Crippen LogP contribution in [-0.2, 0) is 10.0 Å². The van der Waals surface area contributed by atoms with Crippen molar-refractivity contribution in [3.05, 3.63) is 52.4 Å². The van der Waals surface area contributed by atoms with Crippen molar-refractivity contribution in [1.29, 1.82) is 0 Å². The van der Waals surface area contributed by atoms with Gasteiger partial charge in [-0.15, -0.1) is 11.3 Å². The van der Waals surface area contributed by atoms with Gasteiger partial charge in [-0.3, -0.25) is 4.79 Å². The van der Waals surface area contributed by atoms with Crippen molar-refractivity contribution < 1.29 is 13.2 Å². The molecule has 0 fully saturated rings.